The van der Waals surface area contributed by atoms with E-state index in [9.17, 15) is 14.4 Å². The van der Waals surface area contributed by atoms with Crippen molar-refractivity contribution in [2.24, 2.45) is 0 Å². The number of aliphatic hydroxyl groups excluding tert-OH is 3. The first-order chi connectivity index (χ1) is 50.2. The van der Waals surface area contributed by atoms with Crippen molar-refractivity contribution in [2.75, 3.05) is 0 Å². The van der Waals surface area contributed by atoms with Gasteiger partial charge in [0.05, 0.1) is 17.3 Å². The second-order valence-corrected chi connectivity index (χ2v) is 29.1. The summed E-state index contributed by atoms with van der Waals surface area (Å²) in [6.45, 7) is 27.7. The van der Waals surface area contributed by atoms with Gasteiger partial charge in [0.15, 0.2) is 17.3 Å². The largest absolute Gasteiger partial charge is 0.512 e. The number of hydrogen-bond acceptors (Lipinski definition) is 12. The van der Waals surface area contributed by atoms with Crippen LogP contribution in [-0.2, 0) is 74.7 Å². The molecule has 15 heteroatoms. The van der Waals surface area contributed by atoms with E-state index in [0.29, 0.717) is 0 Å². The number of aromatic nitrogens is 3. The van der Waals surface area contributed by atoms with Gasteiger partial charge in [0.2, 0.25) is 0 Å². The molecule has 6 aromatic heterocycles. The van der Waals surface area contributed by atoms with Crippen LogP contribution in [0.4, 0.5) is 0 Å². The molecule has 0 saturated carbocycles. The summed E-state index contributed by atoms with van der Waals surface area (Å²) in [5, 5.41) is 28.7. The smallest absolute Gasteiger partial charge is 0.155 e. The van der Waals surface area contributed by atoms with Crippen molar-refractivity contribution < 1.29 is 90.0 Å². The average Bonchev–Trinajstić information content (AvgIpc) is 1.62. The third-order valence-corrected chi connectivity index (χ3v) is 19.8. The van der Waals surface area contributed by atoms with Crippen LogP contribution in [0.15, 0.2) is 248 Å². The topological polar surface area (TPSA) is 151 Å². The number of ketones is 3. The number of aryl methyl sites for hydroxylation is 9. The third-order valence-electron chi connectivity index (χ3n) is 16.3. The molecule has 108 heavy (non-hydrogen) atoms. The van der Waals surface area contributed by atoms with Gasteiger partial charge in [0.1, 0.15) is 14.5 Å². The predicted molar refractivity (Wildman–Crippen MR) is 443 cm³/mol. The second kappa shape index (κ2) is 41.3. The Labute approximate surface area is 688 Å². The van der Waals surface area contributed by atoms with Crippen LogP contribution < -0.4 is 0 Å². The molecule has 0 amide bonds. The summed E-state index contributed by atoms with van der Waals surface area (Å²) in [5.41, 5.74) is 26.1. The van der Waals surface area contributed by atoms with Gasteiger partial charge in [-0.15, -0.1) is 139 Å². The molecule has 14 aromatic rings. The van der Waals surface area contributed by atoms with Crippen LogP contribution >= 0.6 is 34.0 Å². The summed E-state index contributed by atoms with van der Waals surface area (Å²) in [6.07, 6.45) is 3.50. The van der Waals surface area contributed by atoms with Gasteiger partial charge < -0.3 is 15.3 Å². The number of carbonyl (C=O) groups is 3. The van der Waals surface area contributed by atoms with Crippen molar-refractivity contribution in [2.45, 2.75) is 104 Å². The molecule has 0 saturated heterocycles. The zero-order chi connectivity index (χ0) is 75.6. The van der Waals surface area contributed by atoms with Crippen LogP contribution in [0.2, 0.25) is 0 Å². The Kier molecular flexibility index (Phi) is 33.5. The minimum Gasteiger partial charge on any atom is -0.512 e. The molecule has 0 fully saturated rings. The number of carbonyl (C=O) groups excluding carboxylic acids is 3. The van der Waals surface area contributed by atoms with Crippen LogP contribution in [0.25, 0.3) is 118 Å². The molecule has 0 aliphatic rings. The first kappa shape index (κ1) is 87.6. The minimum atomic E-state index is -0.125. The Hall–Kier alpha value is -9.33. The van der Waals surface area contributed by atoms with Crippen LogP contribution in [-0.4, -0.2) is 47.6 Å². The zero-order valence-corrected chi connectivity index (χ0v) is 72.7. The molecule has 0 aliphatic carbocycles. The molecule has 6 heterocycles. The van der Waals surface area contributed by atoms with E-state index in [0.717, 1.165) is 65.0 Å². The van der Waals surface area contributed by atoms with Crippen molar-refractivity contribution in [3.8, 4) is 87.3 Å². The van der Waals surface area contributed by atoms with Gasteiger partial charge in [-0.05, 0) is 136 Å². The van der Waals surface area contributed by atoms with Gasteiger partial charge in [-0.25, -0.2) is 0 Å². The first-order valence-electron chi connectivity index (χ1n) is 34.4. The Morgan fingerprint density at radius 3 is 1.09 bits per heavy atom. The molecule has 0 bridgehead atoms. The summed E-state index contributed by atoms with van der Waals surface area (Å²) < 4.78 is 0. The number of thiophene rings is 3. The molecule has 8 aromatic carbocycles. The maximum absolute atomic E-state index is 10.0. The van der Waals surface area contributed by atoms with E-state index in [1.807, 2.05) is 0 Å². The molecular weight excluding hydrogens is 1930 g/mol. The van der Waals surface area contributed by atoms with Crippen molar-refractivity contribution in [3.05, 3.63) is 316 Å². The van der Waals surface area contributed by atoms with Crippen LogP contribution in [0.5, 0.6) is 0 Å². The molecule has 14 rings (SSSR count). The van der Waals surface area contributed by atoms with Crippen molar-refractivity contribution in [1.82, 2.24) is 15.0 Å². The van der Waals surface area contributed by atoms with E-state index < -0.39 is 0 Å². The molecule has 0 spiro atoms. The molecule has 3 N–H and O–H groups in total. The third kappa shape index (κ3) is 24.6. The summed E-state index contributed by atoms with van der Waals surface area (Å²) in [5.74, 6) is -0.187. The predicted octanol–water partition coefficient (Wildman–Crippen LogP) is 25.5. The Morgan fingerprint density at radius 1 is 0.343 bits per heavy atom. The van der Waals surface area contributed by atoms with E-state index in [2.05, 4.69) is 293 Å². The first-order valence-corrected chi connectivity index (χ1v) is 36.9. The second-order valence-electron chi connectivity index (χ2n) is 26.1. The van der Waals surface area contributed by atoms with Crippen molar-refractivity contribution in [3.63, 3.8) is 0 Å². The number of nitrogens with zero attached hydrogens (tertiary/aromatic N) is 3. The molecule has 557 valence electrons. The number of rotatable bonds is 11. The van der Waals surface area contributed by atoms with E-state index in [1.165, 1.54) is 163 Å². The number of pyridine rings is 3. The monoisotopic (exact) mass is 2020 g/mol. The molecule has 3 radical (unpaired) electrons. The number of aliphatic hydroxyl groups is 3. The fraction of sp³-hybridized carbons (Fsp3) is 0.161. The van der Waals surface area contributed by atoms with E-state index in [1.54, 1.807) is 34.0 Å². The molecule has 0 aliphatic heterocycles. The van der Waals surface area contributed by atoms with Crippen LogP contribution in [0, 0.1) is 80.5 Å². The maximum atomic E-state index is 10.0. The summed E-state index contributed by atoms with van der Waals surface area (Å²) >= 11 is 5.28. The van der Waals surface area contributed by atoms with Gasteiger partial charge in [0.25, 0.3) is 0 Å². The Bertz CT molecular complexity index is 5370. The summed E-state index contributed by atoms with van der Waals surface area (Å²) in [6, 6.07) is 85.6. The van der Waals surface area contributed by atoms with E-state index >= 15 is 0 Å². The summed E-state index contributed by atoms with van der Waals surface area (Å²) in [7, 11) is 0. The average molecular weight is 2010 g/mol. The van der Waals surface area contributed by atoms with Gasteiger partial charge in [-0.3, -0.25) is 29.3 Å². The van der Waals surface area contributed by atoms with Gasteiger partial charge in [0, 0.05) is 115 Å². The zero-order valence-electron chi connectivity index (χ0n) is 63.1. The normalized spacial score (nSPS) is 10.9. The molecule has 0 unspecified atom stereocenters. The van der Waals surface area contributed by atoms with Crippen LogP contribution in [0.1, 0.15) is 91.6 Å². The maximum Gasteiger partial charge on any atom is 0.155 e. The van der Waals surface area contributed by atoms with Gasteiger partial charge in [-0.1, -0.05) is 211 Å². The number of hydrogen-bond donors (Lipinski definition) is 3. The van der Waals surface area contributed by atoms with Gasteiger partial charge in [-0.2, -0.15) is 0 Å². The SMILES string of the molecule is CC(=O)C=C(C)O.CC(=O)C=C(C)O.CC(=O)C=C(C)O.Cc1[c-]c(-c2ccc3c(-c4ccccc4)c(-c4ccccc4)sc3n2)cc(C)c1.Cc1[c-]c(-c2ccc3c(C)c(-c4ccccc4)sc3n2)cc(C)c1.Cc1[c-]c(-c2ccc3cc(-c4ccc(-c5c(C)cccc5C)cc4)sc3n2)cc(C)c1.[Ir].[Ir].[Ir]. The molecule has 9 nitrogen and oxygen atoms in total. The van der Waals surface area contributed by atoms with Crippen LogP contribution in [0.3, 0.4) is 0 Å². The Balaban J connectivity index is 0.000000221. The Morgan fingerprint density at radius 2 is 0.694 bits per heavy atom. The van der Waals surface area contributed by atoms with Crippen molar-refractivity contribution in [1.29, 1.82) is 0 Å². The quantitative estimate of drug-likeness (QED) is 0.0653. The molecule has 0 atom stereocenters. The number of fused-ring (bicyclic) bond motifs is 3. The molecular formula is C93H86Ir3N3O6S3-3. The standard InChI is InChI=1S/C29H24NS.C27H20NS.C22H18NS.3C5H8O2.3Ir/c1-18-14-19(2)16-25(15-18)26-13-12-24-17-27(31-29(24)30-26)22-8-10-23(11-9-22)28-20(3)6-5-7-21(28)4;1-18-15-19(2)17-22(16-18)24-14-13-23-25(20-9-5-3-6-10-20)26(29-27(23)28-24)21-11-7-4-8-12-21;1-14-11-15(2)13-18(12-14)20-10-9-19-16(3)21(24-22(19)23-20)17-7-5-4-6-8-17;3*1-4(6)3-5(2)7;;;/h5-15,17H,1-4H3;3-16H,1-2H3;4-12H,1-3H3;3*3,6H,1-2H3;;;/q3*-1;;;;;;. The number of benzene rings is 8. The van der Waals surface area contributed by atoms with E-state index in [4.69, 9.17) is 30.3 Å². The number of allylic oxidation sites excluding steroid dienone is 6. The van der Waals surface area contributed by atoms with E-state index in [-0.39, 0.29) is 94.9 Å². The fourth-order valence-electron chi connectivity index (χ4n) is 12.2. The van der Waals surface area contributed by atoms with Gasteiger partial charge >= 0.3 is 0 Å². The fourth-order valence-corrected chi connectivity index (χ4v) is 15.6. The minimum absolute atomic E-state index is 0. The van der Waals surface area contributed by atoms with Crippen molar-refractivity contribution >= 4 is 82.0 Å². The summed E-state index contributed by atoms with van der Waals surface area (Å²) in [4.78, 5) is 52.0.